The number of imide groups is 1. The van der Waals surface area contributed by atoms with E-state index in [9.17, 15) is 14.4 Å². The minimum Gasteiger partial charge on any atom is -0.384 e. The topological polar surface area (TPSA) is 75.7 Å². The molecule has 0 aromatic carbocycles. The van der Waals surface area contributed by atoms with Crippen molar-refractivity contribution in [3.8, 4) is 0 Å². The van der Waals surface area contributed by atoms with Gasteiger partial charge in [0.05, 0.1) is 0 Å². The van der Waals surface area contributed by atoms with E-state index in [1.165, 1.54) is 12.2 Å². The Morgan fingerprint density at radius 2 is 2.00 bits per heavy atom. The number of nitrogens with one attached hydrogen (secondary N) is 1. The van der Waals surface area contributed by atoms with Crippen LogP contribution in [0, 0.1) is 5.92 Å². The van der Waals surface area contributed by atoms with E-state index in [0.717, 1.165) is 4.90 Å². The molecule has 6 nitrogen and oxygen atoms in total. The first-order valence-electron chi connectivity index (χ1n) is 5.83. The van der Waals surface area contributed by atoms with Crippen LogP contribution in [0.1, 0.15) is 13.3 Å². The van der Waals surface area contributed by atoms with Gasteiger partial charge in [-0.2, -0.15) is 0 Å². The molecule has 1 N–H and O–H groups in total. The fraction of sp³-hybridized carbons (Fsp3) is 0.583. The third-order valence-electron chi connectivity index (χ3n) is 2.54. The second kappa shape index (κ2) is 6.90. The highest BCUT2D eigenvalue weighted by molar-refractivity contribution is 6.12. The van der Waals surface area contributed by atoms with Crippen molar-refractivity contribution >= 4 is 17.7 Å². The molecule has 1 unspecified atom stereocenters. The molecule has 0 saturated heterocycles. The van der Waals surface area contributed by atoms with Crippen molar-refractivity contribution in [1.29, 1.82) is 0 Å². The van der Waals surface area contributed by atoms with Crippen LogP contribution in [-0.2, 0) is 19.1 Å². The van der Waals surface area contributed by atoms with Crippen molar-refractivity contribution in [1.82, 2.24) is 10.2 Å². The first-order chi connectivity index (χ1) is 8.54. The lowest BCUT2D eigenvalue weighted by Crippen LogP contribution is -2.38. The lowest BCUT2D eigenvalue weighted by molar-refractivity contribution is -0.137. The van der Waals surface area contributed by atoms with Crippen LogP contribution < -0.4 is 5.32 Å². The van der Waals surface area contributed by atoms with E-state index in [2.05, 4.69) is 5.32 Å². The van der Waals surface area contributed by atoms with Crippen LogP contribution in [-0.4, -0.2) is 49.4 Å². The summed E-state index contributed by atoms with van der Waals surface area (Å²) in [7, 11) is 1.59. The van der Waals surface area contributed by atoms with E-state index in [1.54, 1.807) is 7.11 Å². The van der Waals surface area contributed by atoms with Gasteiger partial charge in [-0.15, -0.1) is 0 Å². The Balaban J connectivity index is 2.20. The fourth-order valence-corrected chi connectivity index (χ4v) is 1.69. The average Bonchev–Trinajstić information content (AvgIpc) is 2.60. The Kier molecular flexibility index (Phi) is 5.51. The highest BCUT2D eigenvalue weighted by Gasteiger charge is 2.22. The number of rotatable bonds is 7. The Bertz CT molecular complexity index is 347. The van der Waals surface area contributed by atoms with Crippen LogP contribution in [0.5, 0.6) is 0 Å². The van der Waals surface area contributed by atoms with Gasteiger partial charge in [0.15, 0.2) is 0 Å². The predicted octanol–water partition coefficient (Wildman–Crippen LogP) is -0.300. The van der Waals surface area contributed by atoms with Crippen molar-refractivity contribution in [3.63, 3.8) is 0 Å². The van der Waals surface area contributed by atoms with Crippen molar-refractivity contribution in [2.45, 2.75) is 13.3 Å². The van der Waals surface area contributed by atoms with Crippen LogP contribution in [0.2, 0.25) is 0 Å². The molecule has 6 heteroatoms. The monoisotopic (exact) mass is 254 g/mol. The summed E-state index contributed by atoms with van der Waals surface area (Å²) < 4.78 is 4.93. The maximum absolute atomic E-state index is 11.5. The molecule has 0 radical (unpaired) electrons. The molecular formula is C12H18N2O4. The number of hydrogen-bond donors (Lipinski definition) is 1. The fourth-order valence-electron chi connectivity index (χ4n) is 1.69. The summed E-state index contributed by atoms with van der Waals surface area (Å²) in [5, 5.41) is 2.67. The molecule has 0 saturated carbocycles. The molecule has 1 aliphatic rings. The molecule has 0 aliphatic carbocycles. The van der Waals surface area contributed by atoms with Gasteiger partial charge in [0.1, 0.15) is 0 Å². The maximum atomic E-state index is 11.5. The third-order valence-corrected chi connectivity index (χ3v) is 2.54. The normalized spacial score (nSPS) is 16.2. The van der Waals surface area contributed by atoms with Gasteiger partial charge in [-0.05, 0) is 5.92 Å². The van der Waals surface area contributed by atoms with Gasteiger partial charge in [-0.1, -0.05) is 6.92 Å². The van der Waals surface area contributed by atoms with Crippen LogP contribution in [0.15, 0.2) is 12.2 Å². The predicted molar refractivity (Wildman–Crippen MR) is 64.5 cm³/mol. The van der Waals surface area contributed by atoms with E-state index in [-0.39, 0.29) is 36.7 Å². The van der Waals surface area contributed by atoms with E-state index in [4.69, 9.17) is 4.74 Å². The maximum Gasteiger partial charge on any atom is 0.253 e. The van der Waals surface area contributed by atoms with Gasteiger partial charge in [-0.25, -0.2) is 0 Å². The number of ether oxygens (including phenoxy) is 1. The van der Waals surface area contributed by atoms with Crippen molar-refractivity contribution < 1.29 is 19.1 Å². The summed E-state index contributed by atoms with van der Waals surface area (Å²) in [4.78, 5) is 35.0. The summed E-state index contributed by atoms with van der Waals surface area (Å²) in [5.74, 6) is -0.623. The van der Waals surface area contributed by atoms with Gasteiger partial charge in [0, 0.05) is 45.4 Å². The standard InChI is InChI=1S/C12H18N2O4/c1-9(8-18-2)7-10(15)13-5-6-14-11(16)3-4-12(14)17/h3-4,9H,5-8H2,1-2H3,(H,13,15). The minimum atomic E-state index is -0.331. The molecule has 1 aliphatic heterocycles. The Morgan fingerprint density at radius 1 is 1.39 bits per heavy atom. The van der Waals surface area contributed by atoms with Crippen LogP contribution in [0.3, 0.4) is 0 Å². The van der Waals surface area contributed by atoms with Gasteiger partial charge in [0.2, 0.25) is 5.91 Å². The van der Waals surface area contributed by atoms with E-state index >= 15 is 0 Å². The molecule has 1 heterocycles. The summed E-state index contributed by atoms with van der Waals surface area (Å²) >= 11 is 0. The number of nitrogens with zero attached hydrogens (tertiary/aromatic N) is 1. The summed E-state index contributed by atoms with van der Waals surface area (Å²) in [6.07, 6.45) is 2.82. The summed E-state index contributed by atoms with van der Waals surface area (Å²) in [6, 6.07) is 0. The largest absolute Gasteiger partial charge is 0.384 e. The molecule has 18 heavy (non-hydrogen) atoms. The first-order valence-corrected chi connectivity index (χ1v) is 5.83. The zero-order chi connectivity index (χ0) is 13.5. The van der Waals surface area contributed by atoms with Crippen LogP contribution >= 0.6 is 0 Å². The van der Waals surface area contributed by atoms with Gasteiger partial charge >= 0.3 is 0 Å². The van der Waals surface area contributed by atoms with Crippen LogP contribution in [0.4, 0.5) is 0 Å². The minimum absolute atomic E-state index is 0.105. The zero-order valence-corrected chi connectivity index (χ0v) is 10.6. The SMILES string of the molecule is COCC(C)CC(=O)NCCN1C(=O)C=CC1=O. The number of carbonyl (C=O) groups is 3. The summed E-state index contributed by atoms with van der Waals surface area (Å²) in [5.41, 5.74) is 0. The molecular weight excluding hydrogens is 236 g/mol. The molecule has 0 fully saturated rings. The average molecular weight is 254 g/mol. The van der Waals surface area contributed by atoms with E-state index < -0.39 is 0 Å². The number of carbonyl (C=O) groups excluding carboxylic acids is 3. The second-order valence-electron chi connectivity index (χ2n) is 4.28. The van der Waals surface area contributed by atoms with Gasteiger partial charge in [-0.3, -0.25) is 19.3 Å². The molecule has 0 aromatic rings. The Hall–Kier alpha value is -1.69. The Morgan fingerprint density at radius 3 is 2.56 bits per heavy atom. The highest BCUT2D eigenvalue weighted by Crippen LogP contribution is 2.03. The number of methoxy groups -OCH3 is 1. The molecule has 0 aromatic heterocycles. The van der Waals surface area contributed by atoms with E-state index in [0.29, 0.717) is 13.0 Å². The Labute approximate surface area is 106 Å². The van der Waals surface area contributed by atoms with Gasteiger partial charge in [0.25, 0.3) is 11.8 Å². The molecule has 100 valence electrons. The number of hydrogen-bond acceptors (Lipinski definition) is 4. The van der Waals surface area contributed by atoms with Crippen molar-refractivity contribution in [2.24, 2.45) is 5.92 Å². The van der Waals surface area contributed by atoms with Crippen molar-refractivity contribution in [3.05, 3.63) is 12.2 Å². The zero-order valence-electron chi connectivity index (χ0n) is 10.6. The third kappa shape index (κ3) is 4.29. The van der Waals surface area contributed by atoms with E-state index in [1.807, 2.05) is 6.92 Å². The first kappa shape index (κ1) is 14.4. The lowest BCUT2D eigenvalue weighted by atomic mass is 10.1. The number of amides is 3. The molecule has 3 amide bonds. The summed E-state index contributed by atoms with van der Waals surface area (Å²) in [6.45, 7) is 2.92. The van der Waals surface area contributed by atoms with Crippen molar-refractivity contribution in [2.75, 3.05) is 26.8 Å². The smallest absolute Gasteiger partial charge is 0.253 e. The molecule has 1 rings (SSSR count). The lowest BCUT2D eigenvalue weighted by Gasteiger charge is -2.15. The van der Waals surface area contributed by atoms with Gasteiger partial charge < -0.3 is 10.1 Å². The molecule has 0 spiro atoms. The highest BCUT2D eigenvalue weighted by atomic mass is 16.5. The molecule has 1 atom stereocenters. The quantitative estimate of drug-likeness (QED) is 0.633. The van der Waals surface area contributed by atoms with Crippen LogP contribution in [0.25, 0.3) is 0 Å². The molecule has 0 bridgehead atoms. The second-order valence-corrected chi connectivity index (χ2v) is 4.28.